The summed E-state index contributed by atoms with van der Waals surface area (Å²) >= 11 is 1.01. The van der Waals surface area contributed by atoms with Gasteiger partial charge in [0.05, 0.1) is 17.6 Å². The number of carboxylic acids is 1. The number of carboxylic acid groups (broad SMARTS) is 1. The van der Waals surface area contributed by atoms with Crippen LogP contribution in [0.4, 0.5) is 5.69 Å². The lowest BCUT2D eigenvalue weighted by Gasteiger charge is -2.02. The number of hydrogen-bond acceptors (Lipinski definition) is 8. The van der Waals surface area contributed by atoms with Gasteiger partial charge in [-0.3, -0.25) is 19.7 Å². The maximum absolute atomic E-state index is 11.6. The highest BCUT2D eigenvalue weighted by Gasteiger charge is 2.32. The SMILES string of the molecule is O=C(O)CC1SC(=NN=Cc2ccc(-c3ncccc3[N+](=O)[O-])cc2)NC1=O. The number of nitrogens with zero attached hydrogens (tertiary/aromatic N) is 4. The Kier molecular flexibility index (Phi) is 5.75. The maximum Gasteiger partial charge on any atom is 0.305 e. The van der Waals surface area contributed by atoms with E-state index in [4.69, 9.17) is 5.11 Å². The van der Waals surface area contributed by atoms with E-state index in [1.54, 1.807) is 24.3 Å². The van der Waals surface area contributed by atoms with Crippen LogP contribution in [0.15, 0.2) is 52.8 Å². The van der Waals surface area contributed by atoms with Gasteiger partial charge in [0, 0.05) is 17.8 Å². The molecule has 0 aliphatic carbocycles. The van der Waals surface area contributed by atoms with Gasteiger partial charge in [-0.05, 0) is 11.6 Å². The van der Waals surface area contributed by atoms with Crippen molar-refractivity contribution in [3.05, 3.63) is 58.3 Å². The van der Waals surface area contributed by atoms with Gasteiger partial charge in [0.15, 0.2) is 5.17 Å². The first-order chi connectivity index (χ1) is 13.4. The largest absolute Gasteiger partial charge is 0.481 e. The van der Waals surface area contributed by atoms with E-state index in [1.165, 1.54) is 24.5 Å². The Bertz CT molecular complexity index is 990. The van der Waals surface area contributed by atoms with Crippen LogP contribution in [0.25, 0.3) is 11.3 Å². The number of aromatic nitrogens is 1. The Morgan fingerprint density at radius 2 is 2.11 bits per heavy atom. The molecule has 142 valence electrons. The lowest BCUT2D eigenvalue weighted by molar-refractivity contribution is -0.384. The summed E-state index contributed by atoms with van der Waals surface area (Å²) in [5.74, 6) is -1.48. The molecular formula is C17H13N5O5S. The van der Waals surface area contributed by atoms with E-state index in [1.807, 2.05) is 0 Å². The summed E-state index contributed by atoms with van der Waals surface area (Å²) in [6.45, 7) is 0. The molecule has 1 aromatic heterocycles. The molecule has 1 unspecified atom stereocenters. The van der Waals surface area contributed by atoms with Crippen molar-refractivity contribution in [3.8, 4) is 11.3 Å². The van der Waals surface area contributed by atoms with Crippen molar-refractivity contribution >= 4 is 40.7 Å². The highest BCUT2D eigenvalue weighted by Crippen LogP contribution is 2.27. The van der Waals surface area contributed by atoms with Gasteiger partial charge in [-0.25, -0.2) is 4.98 Å². The van der Waals surface area contributed by atoms with Gasteiger partial charge in [0.2, 0.25) is 5.91 Å². The van der Waals surface area contributed by atoms with Crippen molar-refractivity contribution in [2.45, 2.75) is 11.7 Å². The molecule has 10 nitrogen and oxygen atoms in total. The number of benzene rings is 1. The number of amidine groups is 1. The minimum Gasteiger partial charge on any atom is -0.481 e. The van der Waals surface area contributed by atoms with Crippen LogP contribution in [0.3, 0.4) is 0 Å². The van der Waals surface area contributed by atoms with E-state index in [2.05, 4.69) is 20.5 Å². The van der Waals surface area contributed by atoms with Crippen LogP contribution in [0.1, 0.15) is 12.0 Å². The molecule has 2 aromatic rings. The number of hydrogen-bond donors (Lipinski definition) is 2. The Labute approximate surface area is 162 Å². The molecular weight excluding hydrogens is 386 g/mol. The molecule has 1 amide bonds. The van der Waals surface area contributed by atoms with E-state index < -0.39 is 22.0 Å². The summed E-state index contributed by atoms with van der Waals surface area (Å²) in [5.41, 5.74) is 1.46. The average Bonchev–Trinajstić information content (AvgIpc) is 3.01. The number of aliphatic carboxylic acids is 1. The van der Waals surface area contributed by atoms with Crippen LogP contribution in [0, 0.1) is 10.1 Å². The van der Waals surface area contributed by atoms with E-state index in [-0.39, 0.29) is 23.0 Å². The van der Waals surface area contributed by atoms with E-state index in [0.717, 1.165) is 11.8 Å². The molecule has 1 fully saturated rings. The molecule has 1 aromatic carbocycles. The molecule has 1 atom stereocenters. The number of carbonyl (C=O) groups is 2. The smallest absolute Gasteiger partial charge is 0.305 e. The van der Waals surface area contributed by atoms with Crippen molar-refractivity contribution < 1.29 is 19.6 Å². The van der Waals surface area contributed by atoms with Crippen LogP contribution < -0.4 is 5.32 Å². The van der Waals surface area contributed by atoms with Gasteiger partial charge in [-0.15, -0.1) is 5.10 Å². The zero-order valence-electron chi connectivity index (χ0n) is 14.2. The molecule has 0 bridgehead atoms. The van der Waals surface area contributed by atoms with E-state index >= 15 is 0 Å². The average molecular weight is 399 g/mol. The minimum absolute atomic E-state index is 0.0831. The molecule has 11 heteroatoms. The Hall–Kier alpha value is -3.60. The van der Waals surface area contributed by atoms with Crippen LogP contribution in [0.2, 0.25) is 0 Å². The fraction of sp³-hybridized carbons (Fsp3) is 0.118. The standard InChI is InChI=1S/C17H13N5O5S/c23-14(24)8-13-16(25)20-17(28-13)21-19-9-10-3-5-11(6-4-10)15-12(22(26)27)2-1-7-18-15/h1-7,9,13H,8H2,(H,23,24)(H,20,21,25). The predicted octanol–water partition coefficient (Wildman–Crippen LogP) is 2.05. The fourth-order valence-corrected chi connectivity index (χ4v) is 3.30. The van der Waals surface area contributed by atoms with Gasteiger partial charge < -0.3 is 10.4 Å². The quantitative estimate of drug-likeness (QED) is 0.429. The number of nitro groups is 1. The molecule has 3 rings (SSSR count). The maximum atomic E-state index is 11.6. The zero-order valence-corrected chi connectivity index (χ0v) is 15.0. The van der Waals surface area contributed by atoms with Gasteiger partial charge in [-0.1, -0.05) is 36.0 Å². The second kappa shape index (κ2) is 8.39. The van der Waals surface area contributed by atoms with Crippen molar-refractivity contribution in [1.29, 1.82) is 0 Å². The molecule has 0 radical (unpaired) electrons. The van der Waals surface area contributed by atoms with Crippen LogP contribution in [0.5, 0.6) is 0 Å². The Morgan fingerprint density at radius 3 is 2.79 bits per heavy atom. The lowest BCUT2D eigenvalue weighted by atomic mass is 10.1. The number of nitrogens with one attached hydrogen (secondary N) is 1. The fourth-order valence-electron chi connectivity index (χ4n) is 2.39. The van der Waals surface area contributed by atoms with E-state index in [0.29, 0.717) is 11.1 Å². The molecule has 1 aliphatic rings. The highest BCUT2D eigenvalue weighted by molar-refractivity contribution is 8.15. The predicted molar refractivity (Wildman–Crippen MR) is 103 cm³/mol. The van der Waals surface area contributed by atoms with Crippen LogP contribution in [-0.2, 0) is 9.59 Å². The summed E-state index contributed by atoms with van der Waals surface area (Å²) in [4.78, 5) is 37.0. The molecule has 28 heavy (non-hydrogen) atoms. The van der Waals surface area contributed by atoms with Gasteiger partial charge in [-0.2, -0.15) is 5.10 Å². The first kappa shape index (κ1) is 19.2. The summed E-state index contributed by atoms with van der Waals surface area (Å²) in [6.07, 6.45) is 2.64. The molecule has 0 saturated carbocycles. The number of pyridine rings is 1. The van der Waals surface area contributed by atoms with Crippen molar-refractivity contribution in [1.82, 2.24) is 10.3 Å². The summed E-state index contributed by atoms with van der Waals surface area (Å²) in [7, 11) is 0. The second-order valence-electron chi connectivity index (χ2n) is 5.59. The number of rotatable bonds is 6. The summed E-state index contributed by atoms with van der Waals surface area (Å²) in [5, 5.41) is 29.6. The lowest BCUT2D eigenvalue weighted by Crippen LogP contribution is -2.26. The highest BCUT2D eigenvalue weighted by atomic mass is 32.2. The molecule has 0 spiro atoms. The monoisotopic (exact) mass is 399 g/mol. The summed E-state index contributed by atoms with van der Waals surface area (Å²) in [6, 6.07) is 9.65. The molecule has 1 aliphatic heterocycles. The molecule has 1 saturated heterocycles. The van der Waals surface area contributed by atoms with E-state index in [9.17, 15) is 19.7 Å². The number of thioether (sulfide) groups is 1. The van der Waals surface area contributed by atoms with Crippen molar-refractivity contribution in [2.75, 3.05) is 0 Å². The van der Waals surface area contributed by atoms with Crippen LogP contribution >= 0.6 is 11.8 Å². The summed E-state index contributed by atoms with van der Waals surface area (Å²) < 4.78 is 0. The molecule has 2 heterocycles. The first-order valence-electron chi connectivity index (χ1n) is 7.94. The number of amides is 1. The topological polar surface area (TPSA) is 147 Å². The number of carbonyl (C=O) groups excluding carboxylic acids is 1. The second-order valence-corrected chi connectivity index (χ2v) is 6.79. The third kappa shape index (κ3) is 4.57. The van der Waals surface area contributed by atoms with Crippen molar-refractivity contribution in [2.24, 2.45) is 10.2 Å². The first-order valence-corrected chi connectivity index (χ1v) is 8.82. The Balaban J connectivity index is 1.69. The van der Waals surface area contributed by atoms with Gasteiger partial charge in [0.1, 0.15) is 10.9 Å². The van der Waals surface area contributed by atoms with Crippen molar-refractivity contribution in [3.63, 3.8) is 0 Å². The zero-order chi connectivity index (χ0) is 20.1. The third-order valence-electron chi connectivity index (χ3n) is 3.66. The Morgan fingerprint density at radius 1 is 1.36 bits per heavy atom. The third-order valence-corrected chi connectivity index (χ3v) is 4.73. The normalized spacial score (nSPS) is 17.8. The molecule has 2 N–H and O–H groups in total. The van der Waals surface area contributed by atoms with Gasteiger partial charge >= 0.3 is 5.97 Å². The minimum atomic E-state index is -1.06. The van der Waals surface area contributed by atoms with Gasteiger partial charge in [0.25, 0.3) is 5.69 Å². The van der Waals surface area contributed by atoms with Crippen LogP contribution in [-0.4, -0.2) is 43.5 Å².